The topological polar surface area (TPSA) is 74.6 Å². The van der Waals surface area contributed by atoms with E-state index in [0.29, 0.717) is 0 Å². The summed E-state index contributed by atoms with van der Waals surface area (Å²) < 4.78 is 0. The van der Waals surface area contributed by atoms with E-state index in [-0.39, 0.29) is 34.2 Å². The first-order chi connectivity index (χ1) is 7.99. The summed E-state index contributed by atoms with van der Waals surface area (Å²) in [5.74, 6) is -1.56. The molecule has 0 aliphatic heterocycles. The number of Topliss-reactive ketones (excluding diaryl/α,β-unsaturated/α-hetero) is 1. The fraction of sp³-hybridized carbons (Fsp3) is 0.273. The van der Waals surface area contributed by atoms with Gasteiger partial charge in [-0.1, -0.05) is 23.7 Å². The third kappa shape index (κ3) is 3.19. The lowest BCUT2D eigenvalue weighted by molar-refractivity contribution is -0.146. The van der Waals surface area contributed by atoms with E-state index in [0.717, 1.165) is 0 Å². The molecule has 92 valence electrons. The third-order valence-corrected chi connectivity index (χ3v) is 2.79. The number of aliphatic carboxylic acids is 1. The van der Waals surface area contributed by atoms with Crippen molar-refractivity contribution in [1.29, 1.82) is 0 Å². The van der Waals surface area contributed by atoms with Crippen LogP contribution in [0.1, 0.15) is 28.4 Å². The Kier molecular flexibility index (Phi) is 4.93. The van der Waals surface area contributed by atoms with Gasteiger partial charge in [-0.2, -0.15) is 0 Å². The van der Waals surface area contributed by atoms with Crippen molar-refractivity contribution in [2.75, 3.05) is 5.88 Å². The average Bonchev–Trinajstić information content (AvgIpc) is 2.28. The Morgan fingerprint density at radius 3 is 2.53 bits per heavy atom. The maximum atomic E-state index is 11.6. The molecule has 2 N–H and O–H groups in total. The molecule has 0 amide bonds. The van der Waals surface area contributed by atoms with Gasteiger partial charge >= 0.3 is 5.97 Å². The summed E-state index contributed by atoms with van der Waals surface area (Å²) in [5, 5.41) is 18.0. The molecule has 0 saturated carbocycles. The number of rotatable bonds is 5. The lowest BCUT2D eigenvalue weighted by Crippen LogP contribution is -2.12. The molecule has 1 aromatic rings. The van der Waals surface area contributed by atoms with Crippen LogP contribution in [0.4, 0.5) is 0 Å². The Hall–Kier alpha value is -1.10. The first-order valence-corrected chi connectivity index (χ1v) is 5.68. The lowest BCUT2D eigenvalue weighted by Gasteiger charge is -2.10. The molecule has 0 aliphatic carbocycles. The van der Waals surface area contributed by atoms with Gasteiger partial charge in [0.2, 0.25) is 0 Å². The maximum absolute atomic E-state index is 11.6. The largest absolute Gasteiger partial charge is 0.479 e. The molecule has 0 aliphatic rings. The van der Waals surface area contributed by atoms with Crippen molar-refractivity contribution >= 4 is 35.0 Å². The minimum atomic E-state index is -1.74. The molecule has 0 fully saturated rings. The van der Waals surface area contributed by atoms with Gasteiger partial charge in [-0.05, 0) is 6.07 Å². The minimum absolute atomic E-state index is 0.000380. The number of carbonyl (C=O) groups is 2. The molecule has 1 aromatic carbocycles. The van der Waals surface area contributed by atoms with Crippen molar-refractivity contribution in [1.82, 2.24) is 0 Å². The van der Waals surface area contributed by atoms with Gasteiger partial charge in [0.15, 0.2) is 11.9 Å². The van der Waals surface area contributed by atoms with Crippen LogP contribution < -0.4 is 0 Å². The quantitative estimate of drug-likeness (QED) is 0.639. The van der Waals surface area contributed by atoms with E-state index >= 15 is 0 Å². The predicted octanol–water partition coefficient (Wildman–Crippen LogP) is 2.27. The molecule has 0 saturated heterocycles. The highest BCUT2D eigenvalue weighted by Crippen LogP contribution is 2.27. The standard InChI is InChI=1S/C11H10Cl2O4/c12-5-4-8(14)6-2-1-3-7(9(6)13)10(15)11(16)17/h1-3,10,15H,4-5H2,(H,16,17). The molecule has 0 aromatic heterocycles. The summed E-state index contributed by atoms with van der Waals surface area (Å²) in [4.78, 5) is 22.3. The van der Waals surface area contributed by atoms with Gasteiger partial charge in [-0.25, -0.2) is 4.79 Å². The Bertz CT molecular complexity index is 445. The number of carbonyl (C=O) groups excluding carboxylic acids is 1. The van der Waals surface area contributed by atoms with Crippen LogP contribution in [0.2, 0.25) is 5.02 Å². The zero-order chi connectivity index (χ0) is 13.0. The average molecular weight is 277 g/mol. The monoisotopic (exact) mass is 276 g/mol. The van der Waals surface area contributed by atoms with Crippen molar-refractivity contribution in [3.8, 4) is 0 Å². The molecule has 0 radical (unpaired) electrons. The molecule has 1 atom stereocenters. The van der Waals surface area contributed by atoms with E-state index in [1.165, 1.54) is 18.2 Å². The smallest absolute Gasteiger partial charge is 0.337 e. The molecular weight excluding hydrogens is 267 g/mol. The first kappa shape index (κ1) is 14.0. The summed E-state index contributed by atoms with van der Waals surface area (Å²) >= 11 is 11.3. The zero-order valence-electron chi connectivity index (χ0n) is 8.69. The summed E-state index contributed by atoms with van der Waals surface area (Å²) in [5.41, 5.74) is 0.171. The van der Waals surface area contributed by atoms with Crippen LogP contribution in [0.25, 0.3) is 0 Å². The second kappa shape index (κ2) is 6.00. The predicted molar refractivity (Wildman–Crippen MR) is 63.7 cm³/mol. The number of hydrogen-bond acceptors (Lipinski definition) is 3. The normalized spacial score (nSPS) is 12.2. The van der Waals surface area contributed by atoms with Gasteiger partial charge in [0.25, 0.3) is 0 Å². The van der Waals surface area contributed by atoms with Crippen LogP contribution in [-0.4, -0.2) is 27.8 Å². The summed E-state index contributed by atoms with van der Waals surface area (Å²) in [6.45, 7) is 0. The maximum Gasteiger partial charge on any atom is 0.337 e. The van der Waals surface area contributed by atoms with Crippen molar-refractivity contribution in [3.63, 3.8) is 0 Å². The minimum Gasteiger partial charge on any atom is -0.479 e. The van der Waals surface area contributed by atoms with Crippen LogP contribution >= 0.6 is 23.2 Å². The van der Waals surface area contributed by atoms with Gasteiger partial charge in [0, 0.05) is 23.4 Å². The van der Waals surface area contributed by atoms with Gasteiger partial charge in [-0.3, -0.25) is 4.79 Å². The number of alkyl halides is 1. The van der Waals surface area contributed by atoms with E-state index in [4.69, 9.17) is 28.3 Å². The second-order valence-corrected chi connectivity index (χ2v) is 4.07. The molecule has 0 spiro atoms. The van der Waals surface area contributed by atoms with Crippen LogP contribution in [0.3, 0.4) is 0 Å². The molecule has 6 heteroatoms. The van der Waals surface area contributed by atoms with Crippen LogP contribution in [0.5, 0.6) is 0 Å². The number of hydrogen-bond donors (Lipinski definition) is 2. The van der Waals surface area contributed by atoms with Crippen LogP contribution in [0.15, 0.2) is 18.2 Å². The molecule has 1 unspecified atom stereocenters. The Labute approximate surface area is 108 Å². The van der Waals surface area contributed by atoms with E-state index in [1.807, 2.05) is 0 Å². The first-order valence-electron chi connectivity index (χ1n) is 4.77. The van der Waals surface area contributed by atoms with Crippen molar-refractivity contribution in [2.45, 2.75) is 12.5 Å². The van der Waals surface area contributed by atoms with E-state index in [9.17, 15) is 14.7 Å². The van der Waals surface area contributed by atoms with E-state index < -0.39 is 12.1 Å². The lowest BCUT2D eigenvalue weighted by atomic mass is 10.0. The number of ketones is 1. The highest BCUT2D eigenvalue weighted by Gasteiger charge is 2.22. The Morgan fingerprint density at radius 2 is 2.00 bits per heavy atom. The zero-order valence-corrected chi connectivity index (χ0v) is 10.2. The summed E-state index contributed by atoms with van der Waals surface area (Å²) in [7, 11) is 0. The number of aliphatic hydroxyl groups excluding tert-OH is 1. The van der Waals surface area contributed by atoms with Gasteiger partial charge in [0.1, 0.15) is 0 Å². The SMILES string of the molecule is O=C(CCCl)c1cccc(C(O)C(=O)O)c1Cl. The van der Waals surface area contributed by atoms with Gasteiger partial charge in [-0.15, -0.1) is 11.6 Å². The number of carboxylic acid groups (broad SMARTS) is 1. The van der Waals surface area contributed by atoms with Crippen molar-refractivity contribution in [2.24, 2.45) is 0 Å². The number of halogens is 2. The van der Waals surface area contributed by atoms with E-state index in [2.05, 4.69) is 0 Å². The molecule has 17 heavy (non-hydrogen) atoms. The Morgan fingerprint density at radius 1 is 1.35 bits per heavy atom. The Balaban J connectivity index is 3.15. The highest BCUT2D eigenvalue weighted by molar-refractivity contribution is 6.35. The fourth-order valence-electron chi connectivity index (χ4n) is 1.33. The van der Waals surface area contributed by atoms with Crippen LogP contribution in [0, 0.1) is 0 Å². The number of benzene rings is 1. The number of carboxylic acids is 1. The van der Waals surface area contributed by atoms with Crippen molar-refractivity contribution < 1.29 is 19.8 Å². The number of aliphatic hydroxyl groups is 1. The summed E-state index contributed by atoms with van der Waals surface area (Å²) in [6.07, 6.45) is -1.64. The molecule has 4 nitrogen and oxygen atoms in total. The second-order valence-electron chi connectivity index (χ2n) is 3.31. The molecule has 0 heterocycles. The molecule has 0 bridgehead atoms. The van der Waals surface area contributed by atoms with E-state index in [1.54, 1.807) is 0 Å². The molecule has 1 rings (SSSR count). The van der Waals surface area contributed by atoms with Crippen molar-refractivity contribution in [3.05, 3.63) is 34.3 Å². The summed E-state index contributed by atoms with van der Waals surface area (Å²) in [6, 6.07) is 4.29. The molecular formula is C11H10Cl2O4. The van der Waals surface area contributed by atoms with Gasteiger partial charge < -0.3 is 10.2 Å². The van der Waals surface area contributed by atoms with Crippen LogP contribution in [-0.2, 0) is 4.79 Å². The highest BCUT2D eigenvalue weighted by atomic mass is 35.5. The fourth-order valence-corrected chi connectivity index (χ4v) is 1.84. The van der Waals surface area contributed by atoms with Gasteiger partial charge in [0.05, 0.1) is 5.02 Å². The third-order valence-electron chi connectivity index (χ3n) is 2.18.